The average Bonchev–Trinajstić information content (AvgIpc) is 3.01. The molecule has 0 radical (unpaired) electrons. The van der Waals surface area contributed by atoms with E-state index in [1.165, 1.54) is 24.4 Å². The Morgan fingerprint density at radius 3 is 2.69 bits per heavy atom. The molecule has 0 amide bonds. The Balaban J connectivity index is 1.75. The first-order valence-corrected chi connectivity index (χ1v) is 8.89. The molecule has 0 saturated carbocycles. The number of H-pyrrole nitrogens is 1. The van der Waals surface area contributed by atoms with Crippen LogP contribution in [0.4, 0.5) is 10.3 Å². The van der Waals surface area contributed by atoms with Crippen LogP contribution in [0.25, 0.3) is 16.7 Å². The summed E-state index contributed by atoms with van der Waals surface area (Å²) in [5.41, 5.74) is 0.294. The highest BCUT2D eigenvalue weighted by molar-refractivity contribution is 5.73. The van der Waals surface area contributed by atoms with Crippen LogP contribution in [-0.2, 0) is 7.05 Å². The van der Waals surface area contributed by atoms with Crippen LogP contribution >= 0.6 is 0 Å². The summed E-state index contributed by atoms with van der Waals surface area (Å²) in [5, 5.41) is 7.51. The van der Waals surface area contributed by atoms with Gasteiger partial charge in [0.05, 0.1) is 17.4 Å². The van der Waals surface area contributed by atoms with Crippen LogP contribution in [-0.4, -0.2) is 29.3 Å². The molecule has 29 heavy (non-hydrogen) atoms. The van der Waals surface area contributed by atoms with Crippen LogP contribution in [0.15, 0.2) is 46.2 Å². The molecule has 10 heteroatoms. The predicted octanol–water partition coefficient (Wildman–Crippen LogP) is 1.82. The third-order valence-corrected chi connectivity index (χ3v) is 4.61. The summed E-state index contributed by atoms with van der Waals surface area (Å²) in [6, 6.07) is 5.40. The van der Waals surface area contributed by atoms with Crippen molar-refractivity contribution in [3.05, 3.63) is 74.6 Å². The van der Waals surface area contributed by atoms with Crippen LogP contribution in [0.3, 0.4) is 0 Å². The summed E-state index contributed by atoms with van der Waals surface area (Å²) in [4.78, 5) is 36.2. The second-order valence-corrected chi connectivity index (χ2v) is 6.69. The van der Waals surface area contributed by atoms with Crippen LogP contribution in [0, 0.1) is 12.7 Å². The zero-order valence-corrected chi connectivity index (χ0v) is 16.0. The summed E-state index contributed by atoms with van der Waals surface area (Å²) >= 11 is 0. The van der Waals surface area contributed by atoms with Crippen molar-refractivity contribution < 1.29 is 4.39 Å². The first-order valence-electron chi connectivity index (χ1n) is 8.89. The fourth-order valence-corrected chi connectivity index (χ4v) is 3.24. The molecule has 0 bridgehead atoms. The van der Waals surface area contributed by atoms with Crippen molar-refractivity contribution >= 4 is 17.0 Å². The van der Waals surface area contributed by atoms with Gasteiger partial charge in [-0.25, -0.2) is 18.7 Å². The van der Waals surface area contributed by atoms with Gasteiger partial charge < -0.3 is 5.32 Å². The Hall–Kier alpha value is -3.82. The molecule has 0 aliphatic rings. The smallest absolute Gasteiger partial charge is 0.334 e. The van der Waals surface area contributed by atoms with E-state index in [4.69, 9.17) is 0 Å². The highest BCUT2D eigenvalue weighted by atomic mass is 19.1. The third-order valence-electron chi connectivity index (χ3n) is 4.61. The summed E-state index contributed by atoms with van der Waals surface area (Å²) in [5.74, 6) is -0.439. The number of hydrogen-bond donors (Lipinski definition) is 2. The number of aromatic amines is 1. The Morgan fingerprint density at radius 1 is 1.24 bits per heavy atom. The Labute approximate surface area is 163 Å². The predicted molar refractivity (Wildman–Crippen MR) is 106 cm³/mol. The van der Waals surface area contributed by atoms with Crippen LogP contribution in [0.5, 0.6) is 0 Å². The Bertz CT molecular complexity index is 1340. The zero-order chi connectivity index (χ0) is 20.7. The van der Waals surface area contributed by atoms with Gasteiger partial charge in [-0.05, 0) is 26.0 Å². The highest BCUT2D eigenvalue weighted by Gasteiger charge is 2.16. The number of halogens is 1. The number of aryl methyl sites for hydroxylation is 2. The molecule has 4 aromatic rings. The van der Waals surface area contributed by atoms with Crippen molar-refractivity contribution in [1.29, 1.82) is 0 Å². The van der Waals surface area contributed by atoms with E-state index in [0.717, 1.165) is 15.8 Å². The number of nitrogens with one attached hydrogen (secondary N) is 2. The van der Waals surface area contributed by atoms with Gasteiger partial charge in [-0.3, -0.25) is 14.5 Å². The molecule has 0 spiro atoms. The number of nitrogens with zero attached hydrogens (tertiary/aromatic N) is 5. The fourth-order valence-electron chi connectivity index (χ4n) is 3.24. The van der Waals surface area contributed by atoms with Crippen molar-refractivity contribution in [2.45, 2.75) is 19.9 Å². The van der Waals surface area contributed by atoms with Gasteiger partial charge >= 0.3 is 5.69 Å². The quantitative estimate of drug-likeness (QED) is 0.545. The SMILES string of the molecule is Cc1nn(C)cc1[C@@H](C)Nc1ncc2c(=O)n(-c3ccccc3F)c(=O)[nH]c2n1. The summed E-state index contributed by atoms with van der Waals surface area (Å²) in [7, 11) is 1.83. The second kappa shape index (κ2) is 6.97. The van der Waals surface area contributed by atoms with E-state index in [-0.39, 0.29) is 28.7 Å². The van der Waals surface area contributed by atoms with Gasteiger partial charge in [0.1, 0.15) is 11.2 Å². The molecule has 3 aromatic heterocycles. The monoisotopic (exact) mass is 395 g/mol. The fraction of sp³-hybridized carbons (Fsp3) is 0.211. The zero-order valence-electron chi connectivity index (χ0n) is 16.0. The molecule has 0 saturated heterocycles. The molecule has 0 aliphatic carbocycles. The summed E-state index contributed by atoms with van der Waals surface area (Å²) in [6.07, 6.45) is 3.20. The van der Waals surface area contributed by atoms with Gasteiger partial charge in [0.2, 0.25) is 5.95 Å². The van der Waals surface area contributed by atoms with Crippen molar-refractivity contribution in [3.63, 3.8) is 0 Å². The lowest BCUT2D eigenvalue weighted by molar-refractivity contribution is 0.613. The lowest BCUT2D eigenvalue weighted by Gasteiger charge is -2.13. The van der Waals surface area contributed by atoms with E-state index in [9.17, 15) is 14.0 Å². The Kier molecular flexibility index (Phi) is 4.45. The van der Waals surface area contributed by atoms with E-state index < -0.39 is 17.1 Å². The summed E-state index contributed by atoms with van der Waals surface area (Å²) in [6.45, 7) is 3.83. The van der Waals surface area contributed by atoms with Gasteiger partial charge in [0.15, 0.2) is 5.65 Å². The molecule has 148 valence electrons. The van der Waals surface area contributed by atoms with Gasteiger partial charge in [-0.2, -0.15) is 10.1 Å². The first kappa shape index (κ1) is 18.5. The molecule has 9 nitrogen and oxygen atoms in total. The summed E-state index contributed by atoms with van der Waals surface area (Å²) < 4.78 is 16.5. The van der Waals surface area contributed by atoms with Crippen molar-refractivity contribution in [2.75, 3.05) is 5.32 Å². The lowest BCUT2D eigenvalue weighted by atomic mass is 10.1. The number of hydrogen-bond acceptors (Lipinski definition) is 6. The molecule has 4 rings (SSSR count). The van der Waals surface area contributed by atoms with E-state index in [1.807, 2.05) is 27.1 Å². The number of benzene rings is 1. The molecular formula is C19H18FN7O2. The van der Waals surface area contributed by atoms with Crippen molar-refractivity contribution in [3.8, 4) is 5.69 Å². The molecule has 0 fully saturated rings. The van der Waals surface area contributed by atoms with Crippen LogP contribution in [0.2, 0.25) is 0 Å². The van der Waals surface area contributed by atoms with E-state index in [2.05, 4.69) is 25.4 Å². The molecule has 1 atom stereocenters. The van der Waals surface area contributed by atoms with E-state index in [1.54, 1.807) is 10.7 Å². The molecule has 3 heterocycles. The number of para-hydroxylation sites is 1. The minimum absolute atomic E-state index is 0.0696. The molecule has 1 aromatic carbocycles. The maximum atomic E-state index is 14.1. The molecule has 0 unspecified atom stereocenters. The first-order chi connectivity index (χ1) is 13.8. The average molecular weight is 395 g/mol. The van der Waals surface area contributed by atoms with E-state index in [0.29, 0.717) is 0 Å². The van der Waals surface area contributed by atoms with E-state index >= 15 is 0 Å². The standard InChI is InChI=1S/C19H18FN7O2/c1-10(13-9-26(3)25-11(13)2)22-18-21-8-12-16(23-18)24-19(29)27(17(12)28)15-7-5-4-6-14(15)20/h4-10H,1-3H3,(H2,21,22,23,24,29)/t10-/m1/s1. The highest BCUT2D eigenvalue weighted by Crippen LogP contribution is 2.19. The molecule has 2 N–H and O–H groups in total. The largest absolute Gasteiger partial charge is 0.348 e. The van der Waals surface area contributed by atoms with Crippen LogP contribution in [0.1, 0.15) is 24.2 Å². The number of fused-ring (bicyclic) bond motifs is 1. The molecule has 0 aliphatic heterocycles. The second-order valence-electron chi connectivity index (χ2n) is 6.69. The van der Waals surface area contributed by atoms with Crippen molar-refractivity contribution in [1.82, 2.24) is 29.3 Å². The number of aromatic nitrogens is 6. The number of rotatable bonds is 4. The minimum Gasteiger partial charge on any atom is -0.348 e. The topological polar surface area (TPSA) is 110 Å². The van der Waals surface area contributed by atoms with Crippen LogP contribution < -0.4 is 16.6 Å². The lowest BCUT2D eigenvalue weighted by Crippen LogP contribution is -2.34. The Morgan fingerprint density at radius 2 is 2.00 bits per heavy atom. The number of anilines is 1. The maximum absolute atomic E-state index is 14.1. The van der Waals surface area contributed by atoms with Gasteiger partial charge in [-0.1, -0.05) is 12.1 Å². The normalized spacial score (nSPS) is 12.3. The van der Waals surface area contributed by atoms with Gasteiger partial charge in [0, 0.05) is 25.0 Å². The minimum atomic E-state index is -0.784. The third kappa shape index (κ3) is 3.28. The van der Waals surface area contributed by atoms with Gasteiger partial charge in [0.25, 0.3) is 5.56 Å². The maximum Gasteiger partial charge on any atom is 0.334 e. The van der Waals surface area contributed by atoms with Crippen molar-refractivity contribution in [2.24, 2.45) is 7.05 Å². The molecular weight excluding hydrogens is 377 g/mol. The van der Waals surface area contributed by atoms with Gasteiger partial charge in [-0.15, -0.1) is 0 Å².